The summed E-state index contributed by atoms with van der Waals surface area (Å²) in [6.07, 6.45) is 1.36. The third kappa shape index (κ3) is 2.88. The van der Waals surface area contributed by atoms with Crippen molar-refractivity contribution >= 4 is 5.91 Å². The van der Waals surface area contributed by atoms with Crippen LogP contribution >= 0.6 is 0 Å². The summed E-state index contributed by atoms with van der Waals surface area (Å²) in [4.78, 5) is 12.5. The summed E-state index contributed by atoms with van der Waals surface area (Å²) in [6, 6.07) is 15.9. The Bertz CT molecular complexity index is 651. The van der Waals surface area contributed by atoms with Gasteiger partial charge in [-0.3, -0.25) is 4.79 Å². The molecular weight excluding hydrogens is 281 g/mol. The number of ether oxygens (including phenoxy) is 1. The Morgan fingerprint density at radius 3 is 2.32 bits per heavy atom. The molecule has 3 nitrogen and oxygen atoms in total. The van der Waals surface area contributed by atoms with E-state index in [4.69, 9.17) is 4.74 Å². The standard InChI is InChI=1S/C18H18FNO2/c19-16-9-5-4-8-15(16)17(21)20-18(10-12-22-13-11-18)14-6-2-1-3-7-14/h1-9H,10-13H2,(H,20,21). The number of rotatable bonds is 3. The van der Waals surface area contributed by atoms with Crippen LogP contribution in [0.2, 0.25) is 0 Å². The lowest BCUT2D eigenvalue weighted by Crippen LogP contribution is -2.49. The lowest BCUT2D eigenvalue weighted by Gasteiger charge is -2.38. The fraction of sp³-hybridized carbons (Fsp3) is 0.278. The Morgan fingerprint density at radius 1 is 1.00 bits per heavy atom. The Hall–Kier alpha value is -2.20. The third-order valence-electron chi connectivity index (χ3n) is 4.14. The van der Waals surface area contributed by atoms with Gasteiger partial charge < -0.3 is 10.1 Å². The van der Waals surface area contributed by atoms with Crippen molar-refractivity contribution in [1.82, 2.24) is 5.32 Å². The zero-order valence-electron chi connectivity index (χ0n) is 12.2. The van der Waals surface area contributed by atoms with Crippen LogP contribution in [0, 0.1) is 5.82 Å². The molecule has 3 rings (SSSR count). The minimum atomic E-state index is -0.504. The molecule has 0 saturated carbocycles. The normalized spacial score (nSPS) is 17.0. The highest BCUT2D eigenvalue weighted by atomic mass is 19.1. The molecule has 0 bridgehead atoms. The monoisotopic (exact) mass is 299 g/mol. The molecule has 22 heavy (non-hydrogen) atoms. The molecule has 2 aromatic rings. The zero-order valence-corrected chi connectivity index (χ0v) is 12.2. The van der Waals surface area contributed by atoms with Gasteiger partial charge in [-0.15, -0.1) is 0 Å². The van der Waals surface area contributed by atoms with E-state index in [0.29, 0.717) is 26.1 Å². The Balaban J connectivity index is 1.91. The SMILES string of the molecule is O=C(NC1(c2ccccc2)CCOCC1)c1ccccc1F. The van der Waals surface area contributed by atoms with Crippen molar-refractivity contribution in [3.63, 3.8) is 0 Å². The average Bonchev–Trinajstić information content (AvgIpc) is 2.57. The summed E-state index contributed by atoms with van der Waals surface area (Å²) in [6.45, 7) is 1.15. The molecule has 2 aromatic carbocycles. The fourth-order valence-corrected chi connectivity index (χ4v) is 2.89. The second-order valence-corrected chi connectivity index (χ2v) is 5.49. The summed E-state index contributed by atoms with van der Waals surface area (Å²) in [7, 11) is 0. The minimum Gasteiger partial charge on any atom is -0.381 e. The first kappa shape index (κ1) is 14.7. The van der Waals surface area contributed by atoms with E-state index in [1.54, 1.807) is 12.1 Å². The Morgan fingerprint density at radius 2 is 1.64 bits per heavy atom. The van der Waals surface area contributed by atoms with Gasteiger partial charge in [0.25, 0.3) is 5.91 Å². The zero-order chi connectivity index (χ0) is 15.4. The van der Waals surface area contributed by atoms with Crippen molar-refractivity contribution in [2.75, 3.05) is 13.2 Å². The van der Waals surface area contributed by atoms with Gasteiger partial charge in [0.2, 0.25) is 0 Å². The molecule has 0 aromatic heterocycles. The highest BCUT2D eigenvalue weighted by Crippen LogP contribution is 2.32. The topological polar surface area (TPSA) is 38.3 Å². The smallest absolute Gasteiger partial charge is 0.254 e. The summed E-state index contributed by atoms with van der Waals surface area (Å²) < 4.78 is 19.3. The van der Waals surface area contributed by atoms with Gasteiger partial charge in [0.05, 0.1) is 11.1 Å². The van der Waals surface area contributed by atoms with Crippen LogP contribution in [0.3, 0.4) is 0 Å². The molecule has 1 N–H and O–H groups in total. The quantitative estimate of drug-likeness (QED) is 0.944. The van der Waals surface area contributed by atoms with Crippen molar-refractivity contribution in [2.45, 2.75) is 18.4 Å². The molecule has 4 heteroatoms. The molecule has 1 heterocycles. The molecule has 1 aliphatic heterocycles. The molecule has 1 amide bonds. The van der Waals surface area contributed by atoms with Gasteiger partial charge in [0.1, 0.15) is 5.82 Å². The molecule has 0 radical (unpaired) electrons. The van der Waals surface area contributed by atoms with Crippen molar-refractivity contribution in [3.05, 3.63) is 71.5 Å². The van der Waals surface area contributed by atoms with Crippen LogP contribution < -0.4 is 5.32 Å². The lowest BCUT2D eigenvalue weighted by molar-refractivity contribution is 0.0344. The fourth-order valence-electron chi connectivity index (χ4n) is 2.89. The highest BCUT2D eigenvalue weighted by Gasteiger charge is 2.36. The van der Waals surface area contributed by atoms with Crippen LogP contribution in [0.25, 0.3) is 0 Å². The maximum atomic E-state index is 13.8. The van der Waals surface area contributed by atoms with Gasteiger partial charge in [0.15, 0.2) is 0 Å². The van der Waals surface area contributed by atoms with Crippen molar-refractivity contribution in [1.29, 1.82) is 0 Å². The van der Waals surface area contributed by atoms with Crippen molar-refractivity contribution in [2.24, 2.45) is 0 Å². The second kappa shape index (κ2) is 6.28. The molecule has 0 spiro atoms. The van der Waals surface area contributed by atoms with E-state index in [9.17, 15) is 9.18 Å². The van der Waals surface area contributed by atoms with Gasteiger partial charge in [-0.2, -0.15) is 0 Å². The van der Waals surface area contributed by atoms with E-state index in [1.165, 1.54) is 12.1 Å². The lowest BCUT2D eigenvalue weighted by atomic mass is 9.82. The number of nitrogens with one attached hydrogen (secondary N) is 1. The Kier molecular flexibility index (Phi) is 4.20. The number of carbonyl (C=O) groups excluding carboxylic acids is 1. The summed E-state index contributed by atoms with van der Waals surface area (Å²) >= 11 is 0. The molecule has 0 atom stereocenters. The number of hydrogen-bond donors (Lipinski definition) is 1. The predicted octanol–water partition coefficient (Wildman–Crippen LogP) is 3.26. The van der Waals surface area contributed by atoms with E-state index in [1.807, 2.05) is 30.3 Å². The third-order valence-corrected chi connectivity index (χ3v) is 4.14. The predicted molar refractivity (Wildman–Crippen MR) is 82.0 cm³/mol. The Labute approximate surface area is 129 Å². The summed E-state index contributed by atoms with van der Waals surface area (Å²) in [5.41, 5.74) is 0.603. The number of hydrogen-bond acceptors (Lipinski definition) is 2. The maximum absolute atomic E-state index is 13.8. The van der Waals surface area contributed by atoms with Gasteiger partial charge in [-0.05, 0) is 30.5 Å². The van der Waals surface area contributed by atoms with Gasteiger partial charge in [0, 0.05) is 13.2 Å². The van der Waals surface area contributed by atoms with Crippen LogP contribution in [-0.4, -0.2) is 19.1 Å². The number of amides is 1. The van der Waals surface area contributed by atoms with Gasteiger partial charge >= 0.3 is 0 Å². The molecule has 1 saturated heterocycles. The minimum absolute atomic E-state index is 0.0734. The van der Waals surface area contributed by atoms with Crippen LogP contribution in [0.4, 0.5) is 4.39 Å². The number of halogens is 1. The molecule has 1 fully saturated rings. The van der Waals surface area contributed by atoms with E-state index in [-0.39, 0.29) is 11.5 Å². The first-order chi connectivity index (χ1) is 10.7. The first-order valence-corrected chi connectivity index (χ1v) is 7.42. The maximum Gasteiger partial charge on any atom is 0.254 e. The van der Waals surface area contributed by atoms with Crippen LogP contribution in [-0.2, 0) is 10.3 Å². The number of carbonyl (C=O) groups is 1. The average molecular weight is 299 g/mol. The van der Waals surface area contributed by atoms with E-state index >= 15 is 0 Å². The van der Waals surface area contributed by atoms with Gasteiger partial charge in [-0.1, -0.05) is 42.5 Å². The first-order valence-electron chi connectivity index (χ1n) is 7.42. The largest absolute Gasteiger partial charge is 0.381 e. The van der Waals surface area contributed by atoms with Crippen molar-refractivity contribution in [3.8, 4) is 0 Å². The highest BCUT2D eigenvalue weighted by molar-refractivity contribution is 5.95. The van der Waals surface area contributed by atoms with Crippen LogP contribution in [0.15, 0.2) is 54.6 Å². The number of benzene rings is 2. The van der Waals surface area contributed by atoms with Crippen molar-refractivity contribution < 1.29 is 13.9 Å². The van der Waals surface area contributed by atoms with Crippen LogP contribution in [0.5, 0.6) is 0 Å². The van der Waals surface area contributed by atoms with Gasteiger partial charge in [-0.25, -0.2) is 4.39 Å². The van der Waals surface area contributed by atoms with E-state index in [2.05, 4.69) is 5.32 Å². The molecular formula is C18H18FNO2. The van der Waals surface area contributed by atoms with E-state index < -0.39 is 11.4 Å². The summed E-state index contributed by atoms with van der Waals surface area (Å²) in [5.74, 6) is -0.890. The second-order valence-electron chi connectivity index (χ2n) is 5.49. The summed E-state index contributed by atoms with van der Waals surface area (Å²) in [5, 5.41) is 3.05. The molecule has 1 aliphatic rings. The molecule has 114 valence electrons. The van der Waals surface area contributed by atoms with Crippen LogP contribution in [0.1, 0.15) is 28.8 Å². The molecule has 0 aliphatic carbocycles. The molecule has 0 unspecified atom stereocenters. The van der Waals surface area contributed by atoms with E-state index in [0.717, 1.165) is 5.56 Å².